The van der Waals surface area contributed by atoms with E-state index in [-0.39, 0.29) is 0 Å². The van der Waals surface area contributed by atoms with Crippen molar-refractivity contribution in [1.29, 1.82) is 0 Å². The maximum atomic E-state index is 5.77. The molecule has 3 nitrogen and oxygen atoms in total. The number of hydrogen-bond donors (Lipinski definition) is 2. The van der Waals surface area contributed by atoms with E-state index in [1.807, 2.05) is 30.0 Å². The van der Waals surface area contributed by atoms with Gasteiger partial charge >= 0.3 is 0 Å². The third-order valence-corrected chi connectivity index (χ3v) is 3.05. The van der Waals surface area contributed by atoms with E-state index in [0.29, 0.717) is 12.5 Å². The Morgan fingerprint density at radius 1 is 1.29 bits per heavy atom. The maximum absolute atomic E-state index is 5.77. The zero-order valence-electron chi connectivity index (χ0n) is 10.4. The molecule has 0 atom stereocenters. The van der Waals surface area contributed by atoms with Crippen LogP contribution in [-0.4, -0.2) is 24.5 Å². The van der Waals surface area contributed by atoms with E-state index in [1.165, 1.54) is 17.7 Å². The van der Waals surface area contributed by atoms with Crippen molar-refractivity contribution >= 4 is 17.7 Å². The van der Waals surface area contributed by atoms with Gasteiger partial charge in [-0.15, -0.1) is 0 Å². The number of aliphatic imine (C=N–C) groups is 1. The Morgan fingerprint density at radius 3 is 2.76 bits per heavy atom. The van der Waals surface area contributed by atoms with Crippen LogP contribution in [0.2, 0.25) is 0 Å². The summed E-state index contributed by atoms with van der Waals surface area (Å²) in [5, 5.41) is 3.13. The predicted octanol–water partition coefficient (Wildman–Crippen LogP) is 2.23. The molecule has 94 valence electrons. The van der Waals surface area contributed by atoms with E-state index < -0.39 is 0 Å². The van der Waals surface area contributed by atoms with Gasteiger partial charge in [-0.2, -0.15) is 11.8 Å². The number of guanidine groups is 1. The highest BCUT2D eigenvalue weighted by Gasteiger charge is 1.93. The first-order valence-corrected chi connectivity index (χ1v) is 7.29. The zero-order chi connectivity index (χ0) is 12.3. The number of unbranched alkanes of at least 4 members (excludes halogenated alkanes) is 1. The number of nitrogens with two attached hydrogens (primary N) is 1. The van der Waals surface area contributed by atoms with E-state index in [4.69, 9.17) is 5.73 Å². The van der Waals surface area contributed by atoms with Gasteiger partial charge in [0.05, 0.1) is 6.54 Å². The van der Waals surface area contributed by atoms with E-state index in [1.54, 1.807) is 0 Å². The van der Waals surface area contributed by atoms with Crippen molar-refractivity contribution in [1.82, 2.24) is 5.32 Å². The van der Waals surface area contributed by atoms with Crippen molar-refractivity contribution in [3.05, 3.63) is 35.9 Å². The van der Waals surface area contributed by atoms with Gasteiger partial charge in [-0.3, -0.25) is 0 Å². The Bertz CT molecular complexity index is 325. The number of hydrogen-bond acceptors (Lipinski definition) is 2. The molecule has 0 aliphatic rings. The van der Waals surface area contributed by atoms with Crippen LogP contribution in [0, 0.1) is 0 Å². The van der Waals surface area contributed by atoms with Gasteiger partial charge in [-0.05, 0) is 30.4 Å². The van der Waals surface area contributed by atoms with Crippen molar-refractivity contribution in [3.63, 3.8) is 0 Å². The summed E-state index contributed by atoms with van der Waals surface area (Å²) in [6, 6.07) is 10.1. The van der Waals surface area contributed by atoms with Crippen molar-refractivity contribution in [3.8, 4) is 0 Å². The molecule has 0 fully saturated rings. The van der Waals surface area contributed by atoms with Gasteiger partial charge in [-0.25, -0.2) is 4.99 Å². The molecule has 0 aliphatic heterocycles. The lowest BCUT2D eigenvalue weighted by molar-refractivity contribution is 0.753. The number of thioether (sulfide) groups is 1. The van der Waals surface area contributed by atoms with Gasteiger partial charge in [0.2, 0.25) is 0 Å². The van der Waals surface area contributed by atoms with Crippen LogP contribution >= 0.6 is 11.8 Å². The summed E-state index contributed by atoms with van der Waals surface area (Å²) in [4.78, 5) is 4.29. The standard InChI is InChI=1S/C13H21N3S/c1-17-10-6-5-9-15-13(14)16-11-12-7-3-2-4-8-12/h2-4,7-8H,5-6,9-11H2,1H3,(H3,14,15,16). The molecule has 0 spiro atoms. The van der Waals surface area contributed by atoms with Gasteiger partial charge in [0.25, 0.3) is 0 Å². The van der Waals surface area contributed by atoms with Gasteiger partial charge in [0, 0.05) is 6.54 Å². The lowest BCUT2D eigenvalue weighted by Crippen LogP contribution is -2.32. The molecule has 0 saturated heterocycles. The molecule has 1 rings (SSSR count). The normalized spacial score (nSPS) is 11.5. The van der Waals surface area contributed by atoms with Crippen LogP contribution in [0.4, 0.5) is 0 Å². The van der Waals surface area contributed by atoms with Crippen molar-refractivity contribution in [2.24, 2.45) is 10.7 Å². The molecule has 0 bridgehead atoms. The van der Waals surface area contributed by atoms with Gasteiger partial charge < -0.3 is 11.1 Å². The second kappa shape index (κ2) is 8.93. The molecule has 4 heteroatoms. The minimum atomic E-state index is 0.540. The summed E-state index contributed by atoms with van der Waals surface area (Å²) in [6.07, 6.45) is 4.49. The van der Waals surface area contributed by atoms with Crippen molar-refractivity contribution in [2.45, 2.75) is 19.4 Å². The Kier molecular flexibility index (Phi) is 7.30. The molecule has 0 amide bonds. The molecule has 0 aromatic heterocycles. The van der Waals surface area contributed by atoms with Crippen molar-refractivity contribution in [2.75, 3.05) is 18.6 Å². The second-order valence-electron chi connectivity index (χ2n) is 3.81. The third kappa shape index (κ3) is 6.89. The van der Waals surface area contributed by atoms with Crippen LogP contribution in [0.1, 0.15) is 18.4 Å². The minimum absolute atomic E-state index is 0.540. The quantitative estimate of drug-likeness (QED) is 0.444. The molecule has 3 N–H and O–H groups in total. The monoisotopic (exact) mass is 251 g/mol. The molecule has 0 radical (unpaired) electrons. The highest BCUT2D eigenvalue weighted by atomic mass is 32.2. The molecule has 0 unspecified atom stereocenters. The second-order valence-corrected chi connectivity index (χ2v) is 4.80. The largest absolute Gasteiger partial charge is 0.370 e. The summed E-state index contributed by atoms with van der Waals surface area (Å²) < 4.78 is 0. The van der Waals surface area contributed by atoms with Gasteiger partial charge in [-0.1, -0.05) is 30.3 Å². The smallest absolute Gasteiger partial charge is 0.188 e. The first kappa shape index (κ1) is 13.9. The van der Waals surface area contributed by atoms with E-state index in [2.05, 4.69) is 28.7 Å². The lowest BCUT2D eigenvalue weighted by Gasteiger charge is -2.05. The van der Waals surface area contributed by atoms with Crippen LogP contribution in [0.25, 0.3) is 0 Å². The van der Waals surface area contributed by atoms with Crippen molar-refractivity contribution < 1.29 is 0 Å². The van der Waals surface area contributed by atoms with Crippen LogP contribution in [0.3, 0.4) is 0 Å². The van der Waals surface area contributed by atoms with Gasteiger partial charge in [0.15, 0.2) is 5.96 Å². The minimum Gasteiger partial charge on any atom is -0.370 e. The highest BCUT2D eigenvalue weighted by molar-refractivity contribution is 7.98. The van der Waals surface area contributed by atoms with E-state index in [9.17, 15) is 0 Å². The molecular weight excluding hydrogens is 230 g/mol. The van der Waals surface area contributed by atoms with Crippen LogP contribution in [0.15, 0.2) is 35.3 Å². The lowest BCUT2D eigenvalue weighted by atomic mass is 10.2. The Morgan fingerprint density at radius 2 is 2.06 bits per heavy atom. The molecule has 1 aromatic carbocycles. The molecule has 1 aromatic rings. The first-order valence-electron chi connectivity index (χ1n) is 5.89. The number of nitrogens with one attached hydrogen (secondary N) is 1. The molecular formula is C13H21N3S. The fourth-order valence-corrected chi connectivity index (χ4v) is 1.90. The zero-order valence-corrected chi connectivity index (χ0v) is 11.2. The van der Waals surface area contributed by atoms with E-state index >= 15 is 0 Å². The Hall–Kier alpha value is -1.16. The molecule has 17 heavy (non-hydrogen) atoms. The Labute approximate surface area is 108 Å². The maximum Gasteiger partial charge on any atom is 0.188 e. The average molecular weight is 251 g/mol. The van der Waals surface area contributed by atoms with E-state index in [0.717, 1.165) is 13.0 Å². The Balaban J connectivity index is 2.17. The molecule has 0 aliphatic carbocycles. The summed E-state index contributed by atoms with van der Waals surface area (Å²) in [5.41, 5.74) is 6.95. The summed E-state index contributed by atoms with van der Waals surface area (Å²) >= 11 is 1.88. The first-order chi connectivity index (χ1) is 8.33. The number of nitrogens with zero attached hydrogens (tertiary/aromatic N) is 1. The SMILES string of the molecule is CSCCCCNC(N)=NCc1ccccc1. The van der Waals surface area contributed by atoms with Crippen LogP contribution in [0.5, 0.6) is 0 Å². The topological polar surface area (TPSA) is 50.4 Å². The molecule has 0 saturated carbocycles. The number of rotatable bonds is 7. The van der Waals surface area contributed by atoms with Gasteiger partial charge in [0.1, 0.15) is 0 Å². The fourth-order valence-electron chi connectivity index (χ4n) is 1.40. The molecule has 0 heterocycles. The third-order valence-electron chi connectivity index (χ3n) is 2.36. The highest BCUT2D eigenvalue weighted by Crippen LogP contribution is 2.00. The van der Waals surface area contributed by atoms with Crippen LogP contribution < -0.4 is 11.1 Å². The van der Waals surface area contributed by atoms with Crippen LogP contribution in [-0.2, 0) is 6.54 Å². The summed E-state index contributed by atoms with van der Waals surface area (Å²) in [5.74, 6) is 1.75. The number of benzene rings is 1. The average Bonchev–Trinajstić information content (AvgIpc) is 2.37. The summed E-state index contributed by atoms with van der Waals surface area (Å²) in [7, 11) is 0. The summed E-state index contributed by atoms with van der Waals surface area (Å²) in [6.45, 7) is 1.55. The fraction of sp³-hybridized carbons (Fsp3) is 0.462. The predicted molar refractivity (Wildman–Crippen MR) is 77.4 cm³/mol.